The van der Waals surface area contributed by atoms with Crippen LogP contribution in [-0.4, -0.2) is 6.61 Å². The lowest BCUT2D eigenvalue weighted by Gasteiger charge is -2.10. The normalized spacial score (nSPS) is 10.9. The molecule has 0 radical (unpaired) electrons. The van der Waals surface area contributed by atoms with E-state index in [1.165, 1.54) is 56.1 Å². The third-order valence-electron chi connectivity index (χ3n) is 4.76. The fourth-order valence-electron chi connectivity index (χ4n) is 3.19. The lowest BCUT2D eigenvalue weighted by molar-refractivity contribution is 0.304. The first-order valence-electron chi connectivity index (χ1n) is 10.3. The summed E-state index contributed by atoms with van der Waals surface area (Å²) in [7, 11) is 0. The second kappa shape index (κ2) is 12.0. The fraction of sp³-hybridized carbons (Fsp3) is 0.500. The first-order chi connectivity index (χ1) is 12.7. The molecule has 0 saturated carbocycles. The number of hydrogen-bond acceptors (Lipinski definition) is 1. The number of rotatable bonds is 12. The van der Waals surface area contributed by atoms with E-state index in [9.17, 15) is 0 Å². The Morgan fingerprint density at radius 3 is 2.04 bits per heavy atom. The van der Waals surface area contributed by atoms with Gasteiger partial charge in [-0.3, -0.25) is 0 Å². The van der Waals surface area contributed by atoms with Gasteiger partial charge in [-0.25, -0.2) is 0 Å². The van der Waals surface area contributed by atoms with E-state index < -0.39 is 0 Å². The highest BCUT2D eigenvalue weighted by Gasteiger charge is 2.05. The van der Waals surface area contributed by atoms with Crippen LogP contribution in [0.1, 0.15) is 70.8 Å². The number of aryl methyl sites for hydroxylation is 1. The van der Waals surface area contributed by atoms with Crippen LogP contribution in [-0.2, 0) is 6.42 Å². The van der Waals surface area contributed by atoms with Crippen LogP contribution in [0.2, 0.25) is 5.02 Å². The topological polar surface area (TPSA) is 9.23 Å². The second-order valence-electron chi connectivity index (χ2n) is 7.06. The lowest BCUT2D eigenvalue weighted by Crippen LogP contribution is -1.98. The minimum Gasteiger partial charge on any atom is -0.492 e. The Kier molecular flexibility index (Phi) is 9.63. The maximum Gasteiger partial charge on any atom is 0.137 e. The summed E-state index contributed by atoms with van der Waals surface area (Å²) in [5.74, 6) is 0.795. The highest BCUT2D eigenvalue weighted by atomic mass is 35.5. The maximum absolute atomic E-state index is 6.43. The molecule has 0 aliphatic carbocycles. The molecule has 2 aromatic rings. The van der Waals surface area contributed by atoms with Crippen LogP contribution in [0.3, 0.4) is 0 Å². The molecule has 0 bridgehead atoms. The zero-order valence-corrected chi connectivity index (χ0v) is 17.2. The molecule has 0 aliphatic heterocycles. The zero-order valence-electron chi connectivity index (χ0n) is 16.4. The fourth-order valence-corrected chi connectivity index (χ4v) is 3.43. The van der Waals surface area contributed by atoms with Gasteiger partial charge in [-0.1, -0.05) is 101 Å². The molecular weight excluding hydrogens is 340 g/mol. The summed E-state index contributed by atoms with van der Waals surface area (Å²) in [6.07, 6.45) is 11.3. The number of unbranched alkanes of at least 4 members (excludes halogenated alkanes) is 6. The van der Waals surface area contributed by atoms with Crippen LogP contribution in [0.4, 0.5) is 0 Å². The average molecular weight is 373 g/mol. The molecule has 0 spiro atoms. The standard InChI is InChI=1S/C24H33ClO/c1-3-5-6-7-8-9-10-18-26-24-17-16-22(19-23(24)25)21-14-12-20(11-4-2)13-15-21/h12-17,19H,3-11,18H2,1-2H3. The molecule has 26 heavy (non-hydrogen) atoms. The minimum atomic E-state index is 0.697. The highest BCUT2D eigenvalue weighted by Crippen LogP contribution is 2.30. The van der Waals surface area contributed by atoms with Crippen LogP contribution in [0.25, 0.3) is 11.1 Å². The third-order valence-corrected chi connectivity index (χ3v) is 5.06. The molecule has 2 rings (SSSR count). The first kappa shape index (κ1) is 20.8. The van der Waals surface area contributed by atoms with Crippen LogP contribution in [0.15, 0.2) is 42.5 Å². The van der Waals surface area contributed by atoms with Gasteiger partial charge in [0, 0.05) is 0 Å². The van der Waals surface area contributed by atoms with Crippen molar-refractivity contribution in [2.75, 3.05) is 6.61 Å². The van der Waals surface area contributed by atoms with Gasteiger partial charge in [-0.2, -0.15) is 0 Å². The predicted molar refractivity (Wildman–Crippen MR) is 114 cm³/mol. The monoisotopic (exact) mass is 372 g/mol. The molecule has 0 unspecified atom stereocenters. The maximum atomic E-state index is 6.43. The van der Waals surface area contributed by atoms with Gasteiger partial charge in [-0.05, 0) is 41.7 Å². The Balaban J connectivity index is 1.79. The van der Waals surface area contributed by atoms with Gasteiger partial charge in [0.25, 0.3) is 0 Å². The van der Waals surface area contributed by atoms with Crippen molar-refractivity contribution in [2.24, 2.45) is 0 Å². The zero-order chi connectivity index (χ0) is 18.6. The minimum absolute atomic E-state index is 0.697. The molecule has 0 heterocycles. The van der Waals surface area contributed by atoms with Gasteiger partial charge in [0.05, 0.1) is 11.6 Å². The Hall–Kier alpha value is -1.47. The van der Waals surface area contributed by atoms with Crippen molar-refractivity contribution in [3.05, 3.63) is 53.1 Å². The summed E-state index contributed by atoms with van der Waals surface area (Å²) in [6, 6.07) is 14.9. The first-order valence-corrected chi connectivity index (χ1v) is 10.6. The van der Waals surface area contributed by atoms with E-state index >= 15 is 0 Å². The van der Waals surface area contributed by atoms with Crippen LogP contribution in [0, 0.1) is 0 Å². The molecule has 0 saturated heterocycles. The average Bonchev–Trinajstić information content (AvgIpc) is 2.66. The van der Waals surface area contributed by atoms with Crippen molar-refractivity contribution < 1.29 is 4.74 Å². The molecule has 2 aromatic carbocycles. The molecule has 0 fully saturated rings. The molecule has 0 amide bonds. The summed E-state index contributed by atoms with van der Waals surface area (Å²) >= 11 is 6.43. The SMILES string of the molecule is CCCCCCCCCOc1ccc(-c2ccc(CCC)cc2)cc1Cl. The highest BCUT2D eigenvalue weighted by molar-refractivity contribution is 6.32. The Bertz CT molecular complexity index is 633. The molecule has 2 heteroatoms. The third kappa shape index (κ3) is 7.03. The van der Waals surface area contributed by atoms with Gasteiger partial charge >= 0.3 is 0 Å². The van der Waals surface area contributed by atoms with E-state index in [2.05, 4.69) is 44.2 Å². The number of ether oxygens (including phenoxy) is 1. The lowest BCUT2D eigenvalue weighted by atomic mass is 10.0. The molecule has 1 nitrogen and oxygen atoms in total. The molecular formula is C24H33ClO. The molecule has 142 valence electrons. The predicted octanol–water partition coefficient (Wildman–Crippen LogP) is 8.09. The van der Waals surface area contributed by atoms with Gasteiger partial charge in [-0.15, -0.1) is 0 Å². The largest absolute Gasteiger partial charge is 0.492 e. The van der Waals surface area contributed by atoms with Gasteiger partial charge in [0.1, 0.15) is 5.75 Å². The van der Waals surface area contributed by atoms with Crippen molar-refractivity contribution in [1.29, 1.82) is 0 Å². The molecule has 0 atom stereocenters. The van der Waals surface area contributed by atoms with Gasteiger partial charge < -0.3 is 4.74 Å². The summed E-state index contributed by atoms with van der Waals surface area (Å²) in [5.41, 5.74) is 3.73. The van der Waals surface area contributed by atoms with Crippen molar-refractivity contribution in [1.82, 2.24) is 0 Å². The van der Waals surface area contributed by atoms with E-state index in [1.54, 1.807) is 0 Å². The summed E-state index contributed by atoms with van der Waals surface area (Å²) < 4.78 is 5.87. The summed E-state index contributed by atoms with van der Waals surface area (Å²) in [4.78, 5) is 0. The Morgan fingerprint density at radius 1 is 0.731 bits per heavy atom. The van der Waals surface area contributed by atoms with Crippen molar-refractivity contribution in [3.63, 3.8) is 0 Å². The second-order valence-corrected chi connectivity index (χ2v) is 7.47. The van der Waals surface area contributed by atoms with E-state index in [4.69, 9.17) is 16.3 Å². The van der Waals surface area contributed by atoms with Gasteiger partial charge in [0.2, 0.25) is 0 Å². The summed E-state index contributed by atoms with van der Waals surface area (Å²) in [6.45, 7) is 5.21. The van der Waals surface area contributed by atoms with E-state index in [0.29, 0.717) is 5.02 Å². The number of benzene rings is 2. The number of halogens is 1. The molecule has 0 N–H and O–H groups in total. The van der Waals surface area contributed by atoms with Crippen molar-refractivity contribution in [3.8, 4) is 16.9 Å². The molecule has 0 aliphatic rings. The van der Waals surface area contributed by atoms with E-state index in [-0.39, 0.29) is 0 Å². The Morgan fingerprint density at radius 2 is 1.38 bits per heavy atom. The Labute approximate surface area is 164 Å². The van der Waals surface area contributed by atoms with Crippen LogP contribution < -0.4 is 4.74 Å². The summed E-state index contributed by atoms with van der Waals surface area (Å²) in [5, 5.41) is 0.697. The van der Waals surface area contributed by atoms with Crippen molar-refractivity contribution in [2.45, 2.75) is 71.6 Å². The van der Waals surface area contributed by atoms with Gasteiger partial charge in [0.15, 0.2) is 0 Å². The van der Waals surface area contributed by atoms with Crippen LogP contribution >= 0.6 is 11.6 Å². The number of hydrogen-bond donors (Lipinski definition) is 0. The molecule has 0 aromatic heterocycles. The van der Waals surface area contributed by atoms with E-state index in [0.717, 1.165) is 30.8 Å². The smallest absolute Gasteiger partial charge is 0.137 e. The van der Waals surface area contributed by atoms with E-state index in [1.807, 2.05) is 12.1 Å². The van der Waals surface area contributed by atoms with Crippen molar-refractivity contribution >= 4 is 11.6 Å². The van der Waals surface area contributed by atoms with Crippen LogP contribution in [0.5, 0.6) is 5.75 Å². The quantitative estimate of drug-likeness (QED) is 0.342.